The summed E-state index contributed by atoms with van der Waals surface area (Å²) in [6, 6.07) is 0.752. The van der Waals surface area contributed by atoms with Gasteiger partial charge in [-0.15, -0.1) is 11.3 Å². The van der Waals surface area contributed by atoms with Crippen molar-refractivity contribution in [1.82, 2.24) is 15.2 Å². The lowest BCUT2D eigenvalue weighted by atomic mass is 9.91. The van der Waals surface area contributed by atoms with Crippen LogP contribution in [0.1, 0.15) is 44.0 Å². The Hall–Kier alpha value is -0.450. The second-order valence-electron chi connectivity index (χ2n) is 5.63. The van der Waals surface area contributed by atoms with Gasteiger partial charge in [0.15, 0.2) is 0 Å². The Morgan fingerprint density at radius 3 is 3.00 bits per heavy atom. The van der Waals surface area contributed by atoms with E-state index >= 15 is 0 Å². The molecule has 1 saturated carbocycles. The van der Waals surface area contributed by atoms with Crippen molar-refractivity contribution in [1.29, 1.82) is 0 Å². The Labute approximate surface area is 114 Å². The Kier molecular flexibility index (Phi) is 3.68. The van der Waals surface area contributed by atoms with Crippen LogP contribution in [0.4, 0.5) is 0 Å². The predicted molar refractivity (Wildman–Crippen MR) is 75.9 cm³/mol. The van der Waals surface area contributed by atoms with Gasteiger partial charge in [0.2, 0.25) is 0 Å². The number of aromatic nitrogens is 1. The van der Waals surface area contributed by atoms with Gasteiger partial charge in [-0.2, -0.15) is 0 Å². The molecule has 3 rings (SSSR count). The third kappa shape index (κ3) is 2.60. The van der Waals surface area contributed by atoms with Gasteiger partial charge in [-0.1, -0.05) is 6.92 Å². The molecule has 3 nitrogen and oxygen atoms in total. The molecule has 4 heteroatoms. The molecule has 100 valence electrons. The van der Waals surface area contributed by atoms with Crippen LogP contribution in [0.5, 0.6) is 0 Å². The SMILES string of the molecule is CCN1CCCC(NC2CC2)(c2nccs2)CC1. The van der Waals surface area contributed by atoms with Crippen molar-refractivity contribution in [2.45, 2.75) is 50.6 Å². The quantitative estimate of drug-likeness (QED) is 0.907. The molecule has 0 amide bonds. The van der Waals surface area contributed by atoms with E-state index < -0.39 is 0 Å². The summed E-state index contributed by atoms with van der Waals surface area (Å²) in [5.74, 6) is 0. The topological polar surface area (TPSA) is 28.2 Å². The van der Waals surface area contributed by atoms with Crippen LogP contribution in [-0.4, -0.2) is 35.6 Å². The Morgan fingerprint density at radius 1 is 1.44 bits per heavy atom. The van der Waals surface area contributed by atoms with E-state index in [-0.39, 0.29) is 5.54 Å². The molecule has 0 radical (unpaired) electrons. The lowest BCUT2D eigenvalue weighted by Crippen LogP contribution is -2.44. The van der Waals surface area contributed by atoms with Gasteiger partial charge < -0.3 is 10.2 Å². The fraction of sp³-hybridized carbons (Fsp3) is 0.786. The number of hydrogen-bond donors (Lipinski definition) is 1. The van der Waals surface area contributed by atoms with Gasteiger partial charge in [0.1, 0.15) is 5.01 Å². The molecule has 1 N–H and O–H groups in total. The average Bonchev–Trinajstić information content (AvgIpc) is 3.08. The zero-order chi connectivity index (χ0) is 12.4. The Morgan fingerprint density at radius 2 is 2.33 bits per heavy atom. The van der Waals surface area contributed by atoms with Crippen molar-refractivity contribution >= 4 is 11.3 Å². The van der Waals surface area contributed by atoms with Crippen LogP contribution in [0.15, 0.2) is 11.6 Å². The lowest BCUT2D eigenvalue weighted by molar-refractivity contribution is 0.261. The summed E-state index contributed by atoms with van der Waals surface area (Å²) in [6.07, 6.45) is 8.40. The molecule has 0 spiro atoms. The van der Waals surface area contributed by atoms with Crippen LogP contribution in [-0.2, 0) is 5.54 Å². The Bertz CT molecular complexity index is 374. The molecule has 1 unspecified atom stereocenters. The van der Waals surface area contributed by atoms with Crippen molar-refractivity contribution < 1.29 is 0 Å². The first-order valence-electron chi connectivity index (χ1n) is 7.22. The third-order valence-electron chi connectivity index (χ3n) is 4.28. The van der Waals surface area contributed by atoms with Crippen LogP contribution in [0.25, 0.3) is 0 Å². The zero-order valence-corrected chi connectivity index (χ0v) is 12.0. The number of hydrogen-bond acceptors (Lipinski definition) is 4. The molecule has 1 aromatic heterocycles. The summed E-state index contributed by atoms with van der Waals surface area (Å²) in [4.78, 5) is 7.20. The fourth-order valence-corrected chi connectivity index (χ4v) is 3.87. The van der Waals surface area contributed by atoms with Gasteiger partial charge in [0.05, 0.1) is 5.54 Å². The number of rotatable bonds is 4. The Balaban J connectivity index is 1.80. The van der Waals surface area contributed by atoms with Gasteiger partial charge in [-0.3, -0.25) is 0 Å². The summed E-state index contributed by atoms with van der Waals surface area (Å²) >= 11 is 1.82. The molecule has 0 aromatic carbocycles. The van der Waals surface area contributed by atoms with Crippen LogP contribution in [0.2, 0.25) is 0 Å². The molecular weight excluding hydrogens is 242 g/mol. The maximum atomic E-state index is 4.62. The van der Waals surface area contributed by atoms with E-state index in [9.17, 15) is 0 Å². The molecule has 18 heavy (non-hydrogen) atoms. The molecule has 2 heterocycles. The number of likely N-dealkylation sites (tertiary alicyclic amines) is 1. The minimum Gasteiger partial charge on any atom is -0.304 e. The van der Waals surface area contributed by atoms with Crippen LogP contribution in [0, 0.1) is 0 Å². The predicted octanol–water partition coefficient (Wildman–Crippen LogP) is 2.60. The monoisotopic (exact) mass is 265 g/mol. The van der Waals surface area contributed by atoms with E-state index in [1.807, 2.05) is 17.5 Å². The largest absolute Gasteiger partial charge is 0.304 e. The number of thiazole rings is 1. The molecule has 1 saturated heterocycles. The van der Waals surface area contributed by atoms with Crippen molar-refractivity contribution in [3.63, 3.8) is 0 Å². The lowest BCUT2D eigenvalue weighted by Gasteiger charge is -2.32. The summed E-state index contributed by atoms with van der Waals surface area (Å²) in [6.45, 7) is 5.90. The van der Waals surface area contributed by atoms with E-state index in [0.29, 0.717) is 0 Å². The highest BCUT2D eigenvalue weighted by Gasteiger charge is 2.40. The second kappa shape index (κ2) is 5.27. The second-order valence-corrected chi connectivity index (χ2v) is 6.52. The average molecular weight is 265 g/mol. The van der Waals surface area contributed by atoms with E-state index in [1.54, 1.807) is 0 Å². The van der Waals surface area contributed by atoms with Crippen molar-refractivity contribution in [2.24, 2.45) is 0 Å². The summed E-state index contributed by atoms with van der Waals surface area (Å²) in [5.41, 5.74) is 0.166. The van der Waals surface area contributed by atoms with Crippen LogP contribution in [0.3, 0.4) is 0 Å². The first-order chi connectivity index (χ1) is 8.82. The first kappa shape index (κ1) is 12.6. The zero-order valence-electron chi connectivity index (χ0n) is 11.2. The summed E-state index contributed by atoms with van der Waals surface area (Å²) < 4.78 is 0. The minimum absolute atomic E-state index is 0.166. The minimum atomic E-state index is 0.166. The molecule has 1 aromatic rings. The van der Waals surface area contributed by atoms with E-state index in [1.165, 1.54) is 56.7 Å². The first-order valence-corrected chi connectivity index (χ1v) is 8.10. The molecule has 1 atom stereocenters. The van der Waals surface area contributed by atoms with Crippen LogP contribution >= 0.6 is 11.3 Å². The maximum Gasteiger partial charge on any atom is 0.113 e. The molecular formula is C14H23N3S. The fourth-order valence-electron chi connectivity index (χ4n) is 3.00. The number of nitrogens with one attached hydrogen (secondary N) is 1. The molecule has 0 bridgehead atoms. The van der Waals surface area contributed by atoms with Gasteiger partial charge in [-0.05, 0) is 45.2 Å². The van der Waals surface area contributed by atoms with Crippen molar-refractivity contribution in [3.05, 3.63) is 16.6 Å². The third-order valence-corrected chi connectivity index (χ3v) is 5.26. The summed E-state index contributed by atoms with van der Waals surface area (Å²) in [5, 5.41) is 7.35. The van der Waals surface area contributed by atoms with Gasteiger partial charge in [0.25, 0.3) is 0 Å². The van der Waals surface area contributed by atoms with E-state index in [2.05, 4.69) is 27.5 Å². The number of nitrogens with zero attached hydrogens (tertiary/aromatic N) is 2. The van der Waals surface area contributed by atoms with E-state index in [4.69, 9.17) is 0 Å². The highest BCUT2D eigenvalue weighted by molar-refractivity contribution is 7.09. The standard InChI is InChI=1S/C14H23N3S/c1-2-17-9-3-6-14(7-10-17,16-12-4-5-12)13-15-8-11-18-13/h8,11-12,16H,2-7,9-10H2,1H3. The highest BCUT2D eigenvalue weighted by Crippen LogP contribution is 2.37. The normalized spacial score (nSPS) is 30.3. The van der Waals surface area contributed by atoms with Crippen LogP contribution < -0.4 is 5.32 Å². The smallest absolute Gasteiger partial charge is 0.113 e. The van der Waals surface area contributed by atoms with Gasteiger partial charge >= 0.3 is 0 Å². The van der Waals surface area contributed by atoms with E-state index in [0.717, 1.165) is 6.04 Å². The van der Waals surface area contributed by atoms with Crippen molar-refractivity contribution in [3.8, 4) is 0 Å². The maximum absolute atomic E-state index is 4.62. The molecule has 1 aliphatic carbocycles. The van der Waals surface area contributed by atoms with Crippen molar-refractivity contribution in [2.75, 3.05) is 19.6 Å². The molecule has 1 aliphatic heterocycles. The van der Waals surface area contributed by atoms with Gasteiger partial charge in [-0.25, -0.2) is 4.98 Å². The summed E-state index contributed by atoms with van der Waals surface area (Å²) in [7, 11) is 0. The highest BCUT2D eigenvalue weighted by atomic mass is 32.1. The van der Waals surface area contributed by atoms with Gasteiger partial charge in [0, 0.05) is 24.2 Å². The molecule has 2 aliphatic rings. The molecule has 2 fully saturated rings.